The van der Waals surface area contributed by atoms with Gasteiger partial charge in [0, 0.05) is 19.3 Å². The Morgan fingerprint density at radius 2 is 2.06 bits per heavy atom. The first-order valence-electron chi connectivity index (χ1n) is 6.22. The molecule has 6 heteroatoms. The van der Waals surface area contributed by atoms with Gasteiger partial charge in [-0.15, -0.1) is 0 Å². The van der Waals surface area contributed by atoms with Crippen LogP contribution in [0, 0.1) is 0 Å². The van der Waals surface area contributed by atoms with Gasteiger partial charge in [0.1, 0.15) is 0 Å². The normalized spacial score (nSPS) is 29.7. The minimum absolute atomic E-state index is 0.0721. The van der Waals surface area contributed by atoms with Gasteiger partial charge in [-0.25, -0.2) is 8.42 Å². The summed E-state index contributed by atoms with van der Waals surface area (Å²) in [6.45, 7) is 4.38. The molecule has 0 aliphatic carbocycles. The number of hydrogen-bond acceptors (Lipinski definition) is 4. The highest BCUT2D eigenvalue weighted by Crippen LogP contribution is 2.39. The lowest BCUT2D eigenvalue weighted by Gasteiger charge is -2.42. The predicted octanol–water partition coefficient (Wildman–Crippen LogP) is 0.415. The van der Waals surface area contributed by atoms with E-state index in [0.29, 0.717) is 38.9 Å². The van der Waals surface area contributed by atoms with Crippen molar-refractivity contribution in [1.82, 2.24) is 5.32 Å². The van der Waals surface area contributed by atoms with Crippen molar-refractivity contribution in [2.24, 2.45) is 0 Å². The van der Waals surface area contributed by atoms with Gasteiger partial charge in [0.2, 0.25) is 5.91 Å². The maximum Gasteiger partial charge on any atom is 0.243 e. The van der Waals surface area contributed by atoms with Crippen molar-refractivity contribution >= 4 is 15.7 Å². The lowest BCUT2D eigenvalue weighted by molar-refractivity contribution is -0.117. The molecule has 5 nitrogen and oxygen atoms in total. The smallest absolute Gasteiger partial charge is 0.243 e. The Hall–Kier alpha value is -0.880. The highest BCUT2D eigenvalue weighted by molar-refractivity contribution is 7.92. The van der Waals surface area contributed by atoms with Crippen molar-refractivity contribution in [2.45, 2.75) is 36.5 Å². The third-order valence-corrected chi connectivity index (χ3v) is 6.62. The van der Waals surface area contributed by atoms with Crippen LogP contribution in [-0.4, -0.2) is 44.1 Å². The highest BCUT2D eigenvalue weighted by atomic mass is 32.2. The van der Waals surface area contributed by atoms with Crippen molar-refractivity contribution in [1.29, 1.82) is 0 Å². The topological polar surface area (TPSA) is 72.5 Å². The van der Waals surface area contributed by atoms with Crippen LogP contribution in [0.1, 0.15) is 25.7 Å². The molecule has 1 N–H and O–H groups in total. The molecule has 2 aliphatic rings. The fraction of sp³-hybridized carbons (Fsp3) is 0.750. The average molecular weight is 273 g/mol. The fourth-order valence-corrected chi connectivity index (χ4v) is 5.11. The fourth-order valence-electron chi connectivity index (χ4n) is 2.83. The quantitative estimate of drug-likeness (QED) is 0.740. The molecule has 1 spiro atoms. The lowest BCUT2D eigenvalue weighted by atomic mass is 9.89. The van der Waals surface area contributed by atoms with Gasteiger partial charge in [0.15, 0.2) is 9.84 Å². The second-order valence-electron chi connectivity index (χ2n) is 5.02. The molecule has 0 aromatic heterocycles. The van der Waals surface area contributed by atoms with E-state index in [4.69, 9.17) is 4.74 Å². The molecule has 2 saturated heterocycles. The molecule has 18 heavy (non-hydrogen) atoms. The van der Waals surface area contributed by atoms with Crippen LogP contribution in [0.4, 0.5) is 0 Å². The Kier molecular flexibility index (Phi) is 3.77. The van der Waals surface area contributed by atoms with Crippen molar-refractivity contribution in [2.75, 3.05) is 19.0 Å². The van der Waals surface area contributed by atoms with Gasteiger partial charge in [0.25, 0.3) is 0 Å². The van der Waals surface area contributed by atoms with E-state index < -0.39 is 14.6 Å². The van der Waals surface area contributed by atoms with E-state index in [1.54, 1.807) is 0 Å². The molecule has 0 aromatic carbocycles. The second-order valence-corrected chi connectivity index (χ2v) is 7.52. The number of amides is 1. The van der Waals surface area contributed by atoms with E-state index in [9.17, 15) is 13.2 Å². The molecule has 102 valence electrons. The number of rotatable bonds is 2. The zero-order valence-corrected chi connectivity index (χ0v) is 11.2. The van der Waals surface area contributed by atoms with Gasteiger partial charge in [-0.05, 0) is 31.8 Å². The van der Waals surface area contributed by atoms with Crippen molar-refractivity contribution in [3.8, 4) is 0 Å². The molecule has 2 rings (SSSR count). The Balaban J connectivity index is 2.14. The molecule has 2 aliphatic heterocycles. The first kappa shape index (κ1) is 13.5. The summed E-state index contributed by atoms with van der Waals surface area (Å²) in [5, 5.41) is 2.82. The number of carbonyl (C=O) groups is 1. The van der Waals surface area contributed by atoms with Crippen LogP contribution in [0.25, 0.3) is 0 Å². The number of ether oxygens (including phenoxy) is 1. The third kappa shape index (κ3) is 2.44. The maximum atomic E-state index is 12.3. The van der Waals surface area contributed by atoms with Crippen LogP contribution in [0.2, 0.25) is 0 Å². The average Bonchev–Trinajstić information content (AvgIpc) is 2.35. The Morgan fingerprint density at radius 3 is 2.67 bits per heavy atom. The number of nitrogens with one attached hydrogen (secondary N) is 1. The molecule has 0 aromatic rings. The molecule has 0 bridgehead atoms. The van der Waals surface area contributed by atoms with Crippen LogP contribution < -0.4 is 5.32 Å². The van der Waals surface area contributed by atoms with Crippen LogP contribution in [0.15, 0.2) is 12.7 Å². The standard InChI is InChI=1S/C12H19NO4S/c1-2-11(14)13-10-3-8-18(15,16)12(9-10)4-6-17-7-5-12/h2,10H,1,3-9H2,(H,13,14). The van der Waals surface area contributed by atoms with Gasteiger partial charge in [-0.1, -0.05) is 6.58 Å². The van der Waals surface area contributed by atoms with E-state index in [1.807, 2.05) is 0 Å². The monoisotopic (exact) mass is 273 g/mol. The molecule has 1 atom stereocenters. The second kappa shape index (κ2) is 5.01. The third-order valence-electron chi connectivity index (χ3n) is 3.95. The molecule has 2 heterocycles. The molecule has 0 saturated carbocycles. The zero-order valence-electron chi connectivity index (χ0n) is 10.4. The SMILES string of the molecule is C=CC(=O)NC1CCS(=O)(=O)C2(CCOCC2)C1. The zero-order chi connectivity index (χ0) is 13.2. The predicted molar refractivity (Wildman–Crippen MR) is 67.9 cm³/mol. The minimum atomic E-state index is -3.08. The van der Waals surface area contributed by atoms with Crippen molar-refractivity contribution in [3.05, 3.63) is 12.7 Å². The van der Waals surface area contributed by atoms with Crippen molar-refractivity contribution in [3.63, 3.8) is 0 Å². The molecule has 2 fully saturated rings. The molecule has 1 amide bonds. The molecular formula is C12H19NO4S. The Morgan fingerprint density at radius 1 is 1.39 bits per heavy atom. The van der Waals surface area contributed by atoms with E-state index >= 15 is 0 Å². The summed E-state index contributed by atoms with van der Waals surface area (Å²) in [5.41, 5.74) is 0. The lowest BCUT2D eigenvalue weighted by Crippen LogP contribution is -2.54. The first-order chi connectivity index (χ1) is 8.49. The number of carbonyl (C=O) groups excluding carboxylic acids is 1. The van der Waals surface area contributed by atoms with Gasteiger partial charge < -0.3 is 10.1 Å². The highest BCUT2D eigenvalue weighted by Gasteiger charge is 2.49. The summed E-state index contributed by atoms with van der Waals surface area (Å²) in [4.78, 5) is 11.3. The first-order valence-corrected chi connectivity index (χ1v) is 7.87. The van der Waals surface area contributed by atoms with Crippen LogP contribution in [-0.2, 0) is 19.4 Å². The van der Waals surface area contributed by atoms with Gasteiger partial charge in [-0.2, -0.15) is 0 Å². The summed E-state index contributed by atoms with van der Waals surface area (Å²) in [7, 11) is -3.08. The maximum absolute atomic E-state index is 12.3. The number of sulfone groups is 1. The molecule has 0 radical (unpaired) electrons. The largest absolute Gasteiger partial charge is 0.381 e. The van der Waals surface area contributed by atoms with Gasteiger partial charge in [-0.3, -0.25) is 4.79 Å². The van der Waals surface area contributed by atoms with E-state index in [0.717, 1.165) is 0 Å². The van der Waals surface area contributed by atoms with Crippen molar-refractivity contribution < 1.29 is 17.9 Å². The summed E-state index contributed by atoms with van der Waals surface area (Å²) in [5.74, 6) is -0.0868. The minimum Gasteiger partial charge on any atom is -0.381 e. The van der Waals surface area contributed by atoms with Crippen LogP contribution in [0.3, 0.4) is 0 Å². The van der Waals surface area contributed by atoms with E-state index in [2.05, 4.69) is 11.9 Å². The van der Waals surface area contributed by atoms with Gasteiger partial charge >= 0.3 is 0 Å². The summed E-state index contributed by atoms with van der Waals surface area (Å²) in [6.07, 6.45) is 3.29. The van der Waals surface area contributed by atoms with E-state index in [-0.39, 0.29) is 17.7 Å². The molecular weight excluding hydrogens is 254 g/mol. The Labute approximate surface area is 108 Å². The summed E-state index contributed by atoms with van der Waals surface area (Å²) < 4.78 is 29.1. The number of hydrogen-bond donors (Lipinski definition) is 1. The Bertz CT molecular complexity index is 437. The van der Waals surface area contributed by atoms with Crippen LogP contribution in [0.5, 0.6) is 0 Å². The summed E-state index contributed by atoms with van der Waals surface area (Å²) in [6, 6.07) is -0.0721. The van der Waals surface area contributed by atoms with E-state index in [1.165, 1.54) is 6.08 Å². The molecule has 1 unspecified atom stereocenters. The van der Waals surface area contributed by atoms with Gasteiger partial charge in [0.05, 0.1) is 10.5 Å². The summed E-state index contributed by atoms with van der Waals surface area (Å²) >= 11 is 0. The van der Waals surface area contributed by atoms with Crippen LogP contribution >= 0.6 is 0 Å².